The van der Waals surface area contributed by atoms with E-state index in [9.17, 15) is 4.79 Å². The minimum atomic E-state index is 0.0106. The van der Waals surface area contributed by atoms with Crippen molar-refractivity contribution in [3.05, 3.63) is 39.8 Å². The van der Waals surface area contributed by atoms with Crippen LogP contribution >= 0.6 is 11.3 Å². The summed E-state index contributed by atoms with van der Waals surface area (Å²) >= 11 is 1.76. The van der Waals surface area contributed by atoms with Gasteiger partial charge >= 0.3 is 0 Å². The Morgan fingerprint density at radius 1 is 1.15 bits per heavy atom. The molecule has 3 rings (SSSR count). The second kappa shape index (κ2) is 8.51. The van der Waals surface area contributed by atoms with Crippen LogP contribution in [0.15, 0.2) is 24.3 Å². The SMILES string of the molecule is COc1ccccc1OCC(=O)N1CCN(Cc2nc(C)c(C)s2)CC1. The van der Waals surface area contributed by atoms with Gasteiger partial charge < -0.3 is 14.4 Å². The van der Waals surface area contributed by atoms with Gasteiger partial charge in [0.2, 0.25) is 0 Å². The van der Waals surface area contributed by atoms with Crippen molar-refractivity contribution >= 4 is 17.2 Å². The summed E-state index contributed by atoms with van der Waals surface area (Å²) in [7, 11) is 1.59. The molecule has 1 amide bonds. The van der Waals surface area contributed by atoms with E-state index in [0.717, 1.165) is 43.4 Å². The van der Waals surface area contributed by atoms with Gasteiger partial charge in [-0.25, -0.2) is 4.98 Å². The maximum atomic E-state index is 12.4. The van der Waals surface area contributed by atoms with Gasteiger partial charge in [0.25, 0.3) is 5.91 Å². The molecule has 0 spiro atoms. The summed E-state index contributed by atoms with van der Waals surface area (Å²) < 4.78 is 10.9. The van der Waals surface area contributed by atoms with Crippen LogP contribution in [0.5, 0.6) is 11.5 Å². The molecule has 0 aliphatic carbocycles. The number of thiazole rings is 1. The van der Waals surface area contributed by atoms with Crippen molar-refractivity contribution in [3.8, 4) is 11.5 Å². The van der Waals surface area contributed by atoms with Gasteiger partial charge in [-0.3, -0.25) is 9.69 Å². The zero-order valence-corrected chi connectivity index (χ0v) is 16.3. The second-order valence-corrected chi connectivity index (χ2v) is 7.63. The van der Waals surface area contributed by atoms with Crippen LogP contribution in [-0.4, -0.2) is 60.6 Å². The lowest BCUT2D eigenvalue weighted by atomic mass is 10.3. The average molecular weight is 375 g/mol. The van der Waals surface area contributed by atoms with Crippen LogP contribution in [0, 0.1) is 13.8 Å². The monoisotopic (exact) mass is 375 g/mol. The molecule has 1 aromatic carbocycles. The number of aromatic nitrogens is 1. The van der Waals surface area contributed by atoms with Crippen LogP contribution in [0.4, 0.5) is 0 Å². The predicted molar refractivity (Wildman–Crippen MR) is 102 cm³/mol. The van der Waals surface area contributed by atoms with Gasteiger partial charge in [0.1, 0.15) is 5.01 Å². The van der Waals surface area contributed by atoms with Crippen LogP contribution < -0.4 is 9.47 Å². The number of ether oxygens (including phenoxy) is 2. The zero-order valence-electron chi connectivity index (χ0n) is 15.5. The van der Waals surface area contributed by atoms with Gasteiger partial charge in [-0.15, -0.1) is 11.3 Å². The first-order valence-electron chi connectivity index (χ1n) is 8.75. The molecule has 2 heterocycles. The summed E-state index contributed by atoms with van der Waals surface area (Å²) in [6, 6.07) is 7.37. The quantitative estimate of drug-likeness (QED) is 0.776. The highest BCUT2D eigenvalue weighted by Gasteiger charge is 2.22. The molecule has 0 unspecified atom stereocenters. The molecular weight excluding hydrogens is 350 g/mol. The van der Waals surface area contributed by atoms with Crippen LogP contribution in [0.25, 0.3) is 0 Å². The number of carbonyl (C=O) groups excluding carboxylic acids is 1. The number of hydrogen-bond donors (Lipinski definition) is 0. The maximum Gasteiger partial charge on any atom is 0.260 e. The van der Waals surface area contributed by atoms with Crippen molar-refractivity contribution in [2.75, 3.05) is 39.9 Å². The first-order valence-corrected chi connectivity index (χ1v) is 9.57. The second-order valence-electron chi connectivity index (χ2n) is 6.35. The Labute approximate surface area is 158 Å². The lowest BCUT2D eigenvalue weighted by molar-refractivity contribution is -0.135. The highest BCUT2D eigenvalue weighted by molar-refractivity contribution is 7.11. The van der Waals surface area contributed by atoms with Gasteiger partial charge in [-0.05, 0) is 26.0 Å². The van der Waals surface area contributed by atoms with Crippen molar-refractivity contribution < 1.29 is 14.3 Å². The molecular formula is C19H25N3O3S. The van der Waals surface area contributed by atoms with E-state index in [-0.39, 0.29) is 12.5 Å². The number of hydrogen-bond acceptors (Lipinski definition) is 6. The van der Waals surface area contributed by atoms with Gasteiger partial charge in [0, 0.05) is 31.1 Å². The van der Waals surface area contributed by atoms with Crippen LogP contribution in [-0.2, 0) is 11.3 Å². The summed E-state index contributed by atoms with van der Waals surface area (Å²) in [6.45, 7) is 8.21. The zero-order chi connectivity index (χ0) is 18.5. The highest BCUT2D eigenvalue weighted by Crippen LogP contribution is 2.25. The molecule has 0 atom stereocenters. The summed E-state index contributed by atoms with van der Waals surface area (Å²) in [6.07, 6.45) is 0. The van der Waals surface area contributed by atoms with E-state index < -0.39 is 0 Å². The van der Waals surface area contributed by atoms with Gasteiger partial charge in [0.05, 0.1) is 19.3 Å². The summed E-state index contributed by atoms with van der Waals surface area (Å²) in [5.74, 6) is 1.24. The Morgan fingerprint density at radius 3 is 2.46 bits per heavy atom. The van der Waals surface area contributed by atoms with Gasteiger partial charge in [-0.2, -0.15) is 0 Å². The number of rotatable bonds is 6. The summed E-state index contributed by atoms with van der Waals surface area (Å²) in [4.78, 5) is 22.5. The van der Waals surface area contributed by atoms with E-state index in [2.05, 4.69) is 16.8 Å². The number of benzene rings is 1. The Balaban J connectivity index is 1.46. The van der Waals surface area contributed by atoms with Gasteiger partial charge in [-0.1, -0.05) is 12.1 Å². The first kappa shape index (κ1) is 18.7. The Kier molecular flexibility index (Phi) is 6.11. The topological polar surface area (TPSA) is 54.9 Å². The van der Waals surface area contributed by atoms with E-state index >= 15 is 0 Å². The van der Waals surface area contributed by atoms with E-state index in [1.54, 1.807) is 18.4 Å². The summed E-state index contributed by atoms with van der Waals surface area (Å²) in [5.41, 5.74) is 1.12. The minimum absolute atomic E-state index is 0.0106. The number of methoxy groups -OCH3 is 1. The van der Waals surface area contributed by atoms with Crippen molar-refractivity contribution in [2.24, 2.45) is 0 Å². The molecule has 1 fully saturated rings. The molecule has 26 heavy (non-hydrogen) atoms. The molecule has 0 bridgehead atoms. The van der Waals surface area contributed by atoms with E-state index in [4.69, 9.17) is 9.47 Å². The third-order valence-electron chi connectivity index (χ3n) is 4.58. The largest absolute Gasteiger partial charge is 0.493 e. The molecule has 140 valence electrons. The van der Waals surface area contributed by atoms with Crippen molar-refractivity contribution in [2.45, 2.75) is 20.4 Å². The molecule has 0 radical (unpaired) electrons. The van der Waals surface area contributed by atoms with Crippen molar-refractivity contribution in [3.63, 3.8) is 0 Å². The van der Waals surface area contributed by atoms with Crippen LogP contribution in [0.1, 0.15) is 15.6 Å². The maximum absolute atomic E-state index is 12.4. The number of aryl methyl sites for hydroxylation is 2. The molecule has 2 aromatic rings. The normalized spacial score (nSPS) is 15.1. The first-order chi connectivity index (χ1) is 12.6. The third kappa shape index (κ3) is 4.53. The molecule has 6 nitrogen and oxygen atoms in total. The number of para-hydroxylation sites is 2. The molecule has 7 heteroatoms. The van der Waals surface area contributed by atoms with Crippen LogP contribution in [0.3, 0.4) is 0 Å². The minimum Gasteiger partial charge on any atom is -0.493 e. The fourth-order valence-electron chi connectivity index (χ4n) is 2.92. The fourth-order valence-corrected chi connectivity index (χ4v) is 3.90. The average Bonchev–Trinajstić information content (AvgIpc) is 2.97. The van der Waals surface area contributed by atoms with Crippen molar-refractivity contribution in [1.29, 1.82) is 0 Å². The van der Waals surface area contributed by atoms with Crippen molar-refractivity contribution in [1.82, 2.24) is 14.8 Å². The smallest absolute Gasteiger partial charge is 0.260 e. The number of piperazine rings is 1. The van der Waals surface area contributed by atoms with E-state index in [1.165, 1.54) is 4.88 Å². The summed E-state index contributed by atoms with van der Waals surface area (Å²) in [5, 5.41) is 1.15. The molecule has 0 N–H and O–H groups in total. The highest BCUT2D eigenvalue weighted by atomic mass is 32.1. The van der Waals surface area contributed by atoms with Crippen LogP contribution in [0.2, 0.25) is 0 Å². The Morgan fingerprint density at radius 2 is 1.85 bits per heavy atom. The molecule has 1 aromatic heterocycles. The molecule has 1 aliphatic heterocycles. The molecule has 1 aliphatic rings. The van der Waals surface area contributed by atoms with E-state index in [0.29, 0.717) is 11.5 Å². The standard InChI is InChI=1S/C19H25N3O3S/c1-14-15(2)26-18(20-14)12-21-8-10-22(11-9-21)19(23)13-25-17-7-5-4-6-16(17)24-3/h4-7H,8-13H2,1-3H3. The Bertz CT molecular complexity index is 735. The van der Waals surface area contributed by atoms with Gasteiger partial charge in [0.15, 0.2) is 18.1 Å². The lowest BCUT2D eigenvalue weighted by Crippen LogP contribution is -2.49. The lowest BCUT2D eigenvalue weighted by Gasteiger charge is -2.34. The number of nitrogens with zero attached hydrogens (tertiary/aromatic N) is 3. The molecule has 0 saturated carbocycles. The van der Waals surface area contributed by atoms with E-state index in [1.807, 2.05) is 36.1 Å². The predicted octanol–water partition coefficient (Wildman–Crippen LogP) is 2.49. The molecule has 1 saturated heterocycles. The third-order valence-corrected chi connectivity index (χ3v) is 5.63. The number of carbonyl (C=O) groups is 1. The fraction of sp³-hybridized carbons (Fsp3) is 0.474. The number of amides is 1. The Hall–Kier alpha value is -2.12.